The van der Waals surface area contributed by atoms with E-state index in [4.69, 9.17) is 0 Å². The molecule has 0 fully saturated rings. The summed E-state index contributed by atoms with van der Waals surface area (Å²) in [6, 6.07) is 4.15. The van der Waals surface area contributed by atoms with Crippen LogP contribution in [0.2, 0.25) is 0 Å². The van der Waals surface area contributed by atoms with E-state index in [0.717, 1.165) is 6.42 Å². The second kappa shape index (κ2) is 2.38. The molecule has 0 aromatic carbocycles. The molecule has 0 atom stereocenters. The molecular weight excluding hydrogens is 136 g/mol. The molecule has 0 aliphatic heterocycles. The van der Waals surface area contributed by atoms with Crippen molar-refractivity contribution in [1.29, 1.82) is 0 Å². The third kappa shape index (κ3) is 0.909. The Morgan fingerprint density at radius 2 is 2.45 bits per heavy atom. The molecule has 0 spiro atoms. The maximum Gasteiger partial charge on any atom is 0.0990 e. The molecule has 0 amide bonds. The Balaban J connectivity index is 2.79. The minimum Gasteiger partial charge on any atom is -0.308 e. The standard InChI is InChI=1S/C9H10N2/c1-2-8-6-10-7-11-5-3-4-9(8)11/h3-7H,2H2,1H3. The average molecular weight is 146 g/mol. The Morgan fingerprint density at radius 3 is 3.27 bits per heavy atom. The minimum absolute atomic E-state index is 1.04. The summed E-state index contributed by atoms with van der Waals surface area (Å²) in [4.78, 5) is 4.12. The van der Waals surface area contributed by atoms with Crippen molar-refractivity contribution in [3.8, 4) is 0 Å². The van der Waals surface area contributed by atoms with Gasteiger partial charge in [0.05, 0.1) is 11.8 Å². The number of hydrogen-bond donors (Lipinski definition) is 0. The maximum absolute atomic E-state index is 4.12. The van der Waals surface area contributed by atoms with Gasteiger partial charge in [0, 0.05) is 12.4 Å². The summed E-state index contributed by atoms with van der Waals surface area (Å²) >= 11 is 0. The number of aryl methyl sites for hydroxylation is 1. The van der Waals surface area contributed by atoms with E-state index in [9.17, 15) is 0 Å². The van der Waals surface area contributed by atoms with Crippen molar-refractivity contribution in [2.24, 2.45) is 0 Å². The van der Waals surface area contributed by atoms with Crippen LogP contribution in [0.1, 0.15) is 12.5 Å². The Hall–Kier alpha value is -1.31. The molecule has 0 N–H and O–H groups in total. The van der Waals surface area contributed by atoms with Gasteiger partial charge < -0.3 is 4.40 Å². The summed E-state index contributed by atoms with van der Waals surface area (Å²) in [6.45, 7) is 2.14. The largest absolute Gasteiger partial charge is 0.308 e. The van der Waals surface area contributed by atoms with Crippen LogP contribution in [0.25, 0.3) is 5.52 Å². The van der Waals surface area contributed by atoms with Gasteiger partial charge >= 0.3 is 0 Å². The number of aromatic nitrogens is 2. The van der Waals surface area contributed by atoms with E-state index < -0.39 is 0 Å². The lowest BCUT2D eigenvalue weighted by Crippen LogP contribution is -1.89. The third-order valence-electron chi connectivity index (χ3n) is 1.91. The molecule has 0 saturated heterocycles. The number of fused-ring (bicyclic) bond motifs is 1. The van der Waals surface area contributed by atoms with Gasteiger partial charge in [0.15, 0.2) is 0 Å². The van der Waals surface area contributed by atoms with Crippen LogP contribution in [0.15, 0.2) is 30.9 Å². The molecule has 56 valence electrons. The Kier molecular flexibility index (Phi) is 1.39. The summed E-state index contributed by atoms with van der Waals surface area (Å²) in [7, 11) is 0. The fourth-order valence-electron chi connectivity index (χ4n) is 1.30. The van der Waals surface area contributed by atoms with Gasteiger partial charge in [0.25, 0.3) is 0 Å². The number of rotatable bonds is 1. The van der Waals surface area contributed by atoms with E-state index in [1.807, 2.05) is 29.2 Å². The van der Waals surface area contributed by atoms with Crippen LogP contribution in [0, 0.1) is 0 Å². The third-order valence-corrected chi connectivity index (χ3v) is 1.91. The van der Waals surface area contributed by atoms with Crippen molar-refractivity contribution in [1.82, 2.24) is 9.38 Å². The van der Waals surface area contributed by atoms with Crippen LogP contribution >= 0.6 is 0 Å². The van der Waals surface area contributed by atoms with Gasteiger partial charge in [-0.1, -0.05) is 6.92 Å². The Labute approximate surface area is 65.5 Å². The van der Waals surface area contributed by atoms with E-state index in [2.05, 4.69) is 18.0 Å². The lowest BCUT2D eigenvalue weighted by atomic mass is 10.2. The van der Waals surface area contributed by atoms with Crippen LogP contribution in [0.4, 0.5) is 0 Å². The molecule has 0 radical (unpaired) electrons. The lowest BCUT2D eigenvalue weighted by molar-refractivity contribution is 1.03. The molecule has 2 nitrogen and oxygen atoms in total. The lowest BCUT2D eigenvalue weighted by Gasteiger charge is -1.98. The van der Waals surface area contributed by atoms with Crippen molar-refractivity contribution >= 4 is 5.52 Å². The van der Waals surface area contributed by atoms with Crippen LogP contribution in [-0.4, -0.2) is 9.38 Å². The molecule has 2 heteroatoms. The summed E-state index contributed by atoms with van der Waals surface area (Å²) < 4.78 is 2.04. The van der Waals surface area contributed by atoms with E-state index in [0.29, 0.717) is 0 Å². The monoisotopic (exact) mass is 146 g/mol. The van der Waals surface area contributed by atoms with Crippen LogP contribution in [0.3, 0.4) is 0 Å². The first kappa shape index (κ1) is 6.40. The molecule has 2 heterocycles. The van der Waals surface area contributed by atoms with E-state index in [1.165, 1.54) is 11.1 Å². The van der Waals surface area contributed by atoms with Gasteiger partial charge in [-0.25, -0.2) is 4.98 Å². The van der Waals surface area contributed by atoms with Gasteiger partial charge in [-0.3, -0.25) is 0 Å². The normalized spacial score (nSPS) is 10.6. The summed E-state index contributed by atoms with van der Waals surface area (Å²) in [5.74, 6) is 0. The highest BCUT2D eigenvalue weighted by atomic mass is 14.9. The zero-order valence-corrected chi connectivity index (χ0v) is 6.49. The quantitative estimate of drug-likeness (QED) is 0.600. The Morgan fingerprint density at radius 1 is 1.55 bits per heavy atom. The molecular formula is C9H10N2. The second-order valence-electron chi connectivity index (χ2n) is 2.57. The van der Waals surface area contributed by atoms with Crippen LogP contribution in [0.5, 0.6) is 0 Å². The highest BCUT2D eigenvalue weighted by Crippen LogP contribution is 2.09. The van der Waals surface area contributed by atoms with Gasteiger partial charge in [-0.2, -0.15) is 0 Å². The number of hydrogen-bond acceptors (Lipinski definition) is 1. The number of nitrogens with zero attached hydrogens (tertiary/aromatic N) is 2. The van der Waals surface area contributed by atoms with Crippen LogP contribution in [-0.2, 0) is 6.42 Å². The van der Waals surface area contributed by atoms with E-state index in [-0.39, 0.29) is 0 Å². The predicted molar refractivity (Wildman–Crippen MR) is 44.6 cm³/mol. The minimum atomic E-state index is 1.04. The fraction of sp³-hybridized carbons (Fsp3) is 0.222. The smallest absolute Gasteiger partial charge is 0.0990 e. The summed E-state index contributed by atoms with van der Waals surface area (Å²) in [5, 5.41) is 0. The maximum atomic E-state index is 4.12. The highest BCUT2D eigenvalue weighted by molar-refractivity contribution is 5.53. The SMILES string of the molecule is CCc1cncn2cccc12. The first-order valence-electron chi connectivity index (χ1n) is 3.81. The summed E-state index contributed by atoms with van der Waals surface area (Å²) in [6.07, 6.45) is 6.81. The molecule has 2 rings (SSSR count). The summed E-state index contributed by atoms with van der Waals surface area (Å²) in [5.41, 5.74) is 2.57. The van der Waals surface area contributed by atoms with Crippen molar-refractivity contribution in [3.63, 3.8) is 0 Å². The van der Waals surface area contributed by atoms with Crippen molar-refractivity contribution in [2.75, 3.05) is 0 Å². The van der Waals surface area contributed by atoms with Gasteiger partial charge in [0.1, 0.15) is 0 Å². The van der Waals surface area contributed by atoms with Gasteiger partial charge in [0.2, 0.25) is 0 Å². The first-order chi connectivity index (χ1) is 5.42. The molecule has 0 aliphatic carbocycles. The highest BCUT2D eigenvalue weighted by Gasteiger charge is 1.96. The molecule has 2 aromatic heterocycles. The van der Waals surface area contributed by atoms with Crippen LogP contribution < -0.4 is 0 Å². The zero-order valence-electron chi connectivity index (χ0n) is 6.49. The van der Waals surface area contributed by atoms with Crippen molar-refractivity contribution < 1.29 is 0 Å². The van der Waals surface area contributed by atoms with Gasteiger partial charge in [-0.05, 0) is 24.1 Å². The molecule has 0 bridgehead atoms. The van der Waals surface area contributed by atoms with E-state index in [1.54, 1.807) is 0 Å². The Bertz CT molecular complexity index is 362. The molecule has 11 heavy (non-hydrogen) atoms. The van der Waals surface area contributed by atoms with Crippen molar-refractivity contribution in [2.45, 2.75) is 13.3 Å². The predicted octanol–water partition coefficient (Wildman–Crippen LogP) is 1.90. The average Bonchev–Trinajstić information content (AvgIpc) is 2.50. The second-order valence-corrected chi connectivity index (χ2v) is 2.57. The van der Waals surface area contributed by atoms with Gasteiger partial charge in [-0.15, -0.1) is 0 Å². The molecule has 0 saturated carbocycles. The molecule has 2 aromatic rings. The molecule has 0 unspecified atom stereocenters. The zero-order chi connectivity index (χ0) is 7.68. The molecule has 0 aliphatic rings. The topological polar surface area (TPSA) is 17.3 Å². The first-order valence-corrected chi connectivity index (χ1v) is 3.81. The van der Waals surface area contributed by atoms with Crippen molar-refractivity contribution in [3.05, 3.63) is 36.4 Å². The fourth-order valence-corrected chi connectivity index (χ4v) is 1.30. The van der Waals surface area contributed by atoms with E-state index >= 15 is 0 Å².